The molecule has 2 aliphatic rings. The van der Waals surface area contributed by atoms with E-state index < -0.39 is 0 Å². The van der Waals surface area contributed by atoms with Crippen LogP contribution in [-0.2, 0) is 29.6 Å². The molecule has 2 aromatic carbocycles. The Morgan fingerprint density at radius 1 is 0.955 bits per heavy atom. The number of fused-ring (bicyclic) bond motifs is 2. The molecule has 0 saturated carbocycles. The Kier molecular flexibility index (Phi) is 3.51. The third-order valence-electron chi connectivity index (χ3n) is 5.40. The predicted octanol–water partition coefficient (Wildman–Crippen LogP) is 3.25. The van der Waals surface area contributed by atoms with Crippen LogP contribution in [0.4, 0.5) is 0 Å². The van der Waals surface area contributed by atoms with Crippen molar-refractivity contribution in [2.75, 3.05) is 13.2 Å². The Bertz CT molecular complexity index is 654. The van der Waals surface area contributed by atoms with E-state index >= 15 is 0 Å². The minimum atomic E-state index is -0.224. The van der Waals surface area contributed by atoms with E-state index in [1.165, 1.54) is 22.3 Å². The molecule has 2 heteroatoms. The highest BCUT2D eigenvalue weighted by Gasteiger charge is 2.47. The van der Waals surface area contributed by atoms with Gasteiger partial charge in [0.25, 0.3) is 0 Å². The molecular formula is C20H22O2. The maximum atomic E-state index is 9.28. The highest BCUT2D eigenvalue weighted by Crippen LogP contribution is 2.49. The molecule has 0 spiro atoms. The number of rotatable bonds is 4. The van der Waals surface area contributed by atoms with Crippen molar-refractivity contribution in [2.24, 2.45) is 5.92 Å². The molecule has 0 aromatic heterocycles. The van der Waals surface area contributed by atoms with E-state index in [1.54, 1.807) is 0 Å². The lowest BCUT2D eigenvalue weighted by Gasteiger charge is -2.36. The lowest BCUT2D eigenvalue weighted by molar-refractivity contribution is -0.0994. The SMILES string of the molecule is OCCOC1(C2Cc3ccccc3C2)CCc2ccccc21. The summed E-state index contributed by atoms with van der Waals surface area (Å²) in [5.74, 6) is 0.472. The Morgan fingerprint density at radius 3 is 2.27 bits per heavy atom. The van der Waals surface area contributed by atoms with Crippen molar-refractivity contribution < 1.29 is 9.84 Å². The van der Waals surface area contributed by atoms with Gasteiger partial charge in [0.1, 0.15) is 0 Å². The van der Waals surface area contributed by atoms with Crippen LogP contribution in [0.3, 0.4) is 0 Å². The first-order chi connectivity index (χ1) is 10.8. The van der Waals surface area contributed by atoms with Gasteiger partial charge in [-0.1, -0.05) is 48.5 Å². The van der Waals surface area contributed by atoms with Crippen LogP contribution in [0.5, 0.6) is 0 Å². The van der Waals surface area contributed by atoms with E-state index in [9.17, 15) is 5.11 Å². The summed E-state index contributed by atoms with van der Waals surface area (Å²) in [7, 11) is 0. The molecule has 114 valence electrons. The second-order valence-corrected chi connectivity index (χ2v) is 6.49. The maximum absolute atomic E-state index is 9.28. The van der Waals surface area contributed by atoms with Crippen LogP contribution < -0.4 is 0 Å². The van der Waals surface area contributed by atoms with Crippen LogP contribution in [0.25, 0.3) is 0 Å². The molecule has 0 radical (unpaired) electrons. The molecule has 2 nitrogen and oxygen atoms in total. The zero-order chi connectivity index (χ0) is 15.0. The first-order valence-electron chi connectivity index (χ1n) is 8.23. The summed E-state index contributed by atoms with van der Waals surface area (Å²) in [5.41, 5.74) is 5.46. The smallest absolute Gasteiger partial charge is 0.0972 e. The van der Waals surface area contributed by atoms with E-state index in [0.717, 1.165) is 25.7 Å². The summed E-state index contributed by atoms with van der Waals surface area (Å²) in [4.78, 5) is 0. The van der Waals surface area contributed by atoms with E-state index in [-0.39, 0.29) is 12.2 Å². The Hall–Kier alpha value is -1.64. The summed E-state index contributed by atoms with van der Waals surface area (Å²) in [6.07, 6.45) is 4.27. The molecule has 1 N–H and O–H groups in total. The molecule has 2 aromatic rings. The van der Waals surface area contributed by atoms with Gasteiger partial charge in [-0.2, -0.15) is 0 Å². The van der Waals surface area contributed by atoms with Crippen LogP contribution in [0, 0.1) is 5.92 Å². The van der Waals surface area contributed by atoms with Crippen LogP contribution in [0.2, 0.25) is 0 Å². The Balaban J connectivity index is 1.72. The highest BCUT2D eigenvalue weighted by molar-refractivity contribution is 5.41. The van der Waals surface area contributed by atoms with Crippen LogP contribution in [0.1, 0.15) is 28.7 Å². The molecular weight excluding hydrogens is 272 g/mol. The van der Waals surface area contributed by atoms with Gasteiger partial charge in [0.2, 0.25) is 0 Å². The van der Waals surface area contributed by atoms with Crippen molar-refractivity contribution >= 4 is 0 Å². The van der Waals surface area contributed by atoms with Crippen molar-refractivity contribution in [1.82, 2.24) is 0 Å². The number of aliphatic hydroxyl groups excluding tert-OH is 1. The van der Waals surface area contributed by atoms with E-state index in [1.807, 2.05) is 0 Å². The molecule has 22 heavy (non-hydrogen) atoms. The minimum absolute atomic E-state index is 0.0869. The molecule has 2 aliphatic carbocycles. The molecule has 1 unspecified atom stereocenters. The first kappa shape index (κ1) is 14.0. The normalized spacial score (nSPS) is 23.5. The lowest BCUT2D eigenvalue weighted by atomic mass is 9.80. The van der Waals surface area contributed by atoms with Crippen LogP contribution in [0.15, 0.2) is 48.5 Å². The predicted molar refractivity (Wildman–Crippen MR) is 86.8 cm³/mol. The highest BCUT2D eigenvalue weighted by atomic mass is 16.5. The monoisotopic (exact) mass is 294 g/mol. The van der Waals surface area contributed by atoms with E-state index in [2.05, 4.69) is 48.5 Å². The summed E-state index contributed by atoms with van der Waals surface area (Å²) in [6.45, 7) is 0.505. The van der Waals surface area contributed by atoms with E-state index in [4.69, 9.17) is 4.74 Å². The second-order valence-electron chi connectivity index (χ2n) is 6.49. The summed E-state index contributed by atoms with van der Waals surface area (Å²) in [5, 5.41) is 9.28. The van der Waals surface area contributed by atoms with Crippen molar-refractivity contribution in [1.29, 1.82) is 0 Å². The van der Waals surface area contributed by atoms with Crippen molar-refractivity contribution in [3.8, 4) is 0 Å². The van der Waals surface area contributed by atoms with Gasteiger partial charge >= 0.3 is 0 Å². The van der Waals surface area contributed by atoms with Crippen molar-refractivity contribution in [2.45, 2.75) is 31.3 Å². The zero-order valence-corrected chi connectivity index (χ0v) is 12.8. The van der Waals surface area contributed by atoms with Gasteiger partial charge in [-0.3, -0.25) is 0 Å². The van der Waals surface area contributed by atoms with Crippen LogP contribution in [-0.4, -0.2) is 18.3 Å². The standard InChI is InChI=1S/C20H22O2/c21-11-12-22-20(10-9-15-5-3-4-8-19(15)20)18-13-16-6-1-2-7-17(16)14-18/h1-8,18,21H,9-14H2. The van der Waals surface area contributed by atoms with Gasteiger partial charge in [0.15, 0.2) is 0 Å². The fourth-order valence-electron chi connectivity index (χ4n) is 4.41. The minimum Gasteiger partial charge on any atom is -0.394 e. The molecule has 4 rings (SSSR count). The molecule has 0 bridgehead atoms. The van der Waals surface area contributed by atoms with Gasteiger partial charge in [-0.15, -0.1) is 0 Å². The third-order valence-corrected chi connectivity index (χ3v) is 5.40. The Labute approximate surface area is 131 Å². The third kappa shape index (κ3) is 2.10. The molecule has 0 fully saturated rings. The van der Waals surface area contributed by atoms with Gasteiger partial charge in [-0.25, -0.2) is 0 Å². The fraction of sp³-hybridized carbons (Fsp3) is 0.400. The van der Waals surface area contributed by atoms with Gasteiger partial charge in [0.05, 0.1) is 18.8 Å². The summed E-state index contributed by atoms with van der Waals surface area (Å²) >= 11 is 0. The van der Waals surface area contributed by atoms with Crippen molar-refractivity contribution in [3.05, 3.63) is 70.8 Å². The number of hydrogen-bond acceptors (Lipinski definition) is 2. The molecule has 0 heterocycles. The Morgan fingerprint density at radius 2 is 1.59 bits per heavy atom. The van der Waals surface area contributed by atoms with Gasteiger partial charge in [0, 0.05) is 5.92 Å². The zero-order valence-electron chi connectivity index (χ0n) is 12.8. The molecule has 0 amide bonds. The number of aryl methyl sites for hydroxylation is 1. The lowest BCUT2D eigenvalue weighted by Crippen LogP contribution is -2.37. The van der Waals surface area contributed by atoms with Gasteiger partial charge in [-0.05, 0) is 47.9 Å². The quantitative estimate of drug-likeness (QED) is 0.938. The maximum Gasteiger partial charge on any atom is 0.0972 e. The topological polar surface area (TPSA) is 29.5 Å². The number of hydrogen-bond donors (Lipinski definition) is 1. The summed E-state index contributed by atoms with van der Waals surface area (Å²) < 4.78 is 6.33. The second kappa shape index (κ2) is 5.53. The summed E-state index contributed by atoms with van der Waals surface area (Å²) in [6, 6.07) is 17.4. The van der Waals surface area contributed by atoms with Gasteiger partial charge < -0.3 is 9.84 Å². The number of aliphatic hydroxyl groups is 1. The average Bonchev–Trinajstić information content (AvgIpc) is 3.15. The number of benzene rings is 2. The fourth-order valence-corrected chi connectivity index (χ4v) is 4.41. The first-order valence-corrected chi connectivity index (χ1v) is 8.23. The average molecular weight is 294 g/mol. The number of ether oxygens (including phenoxy) is 1. The molecule has 0 aliphatic heterocycles. The van der Waals surface area contributed by atoms with Crippen molar-refractivity contribution in [3.63, 3.8) is 0 Å². The van der Waals surface area contributed by atoms with E-state index in [0.29, 0.717) is 12.5 Å². The van der Waals surface area contributed by atoms with Crippen LogP contribution >= 0.6 is 0 Å². The molecule has 1 atom stereocenters. The molecule has 0 saturated heterocycles. The largest absolute Gasteiger partial charge is 0.394 e.